The first-order chi connectivity index (χ1) is 12.0. The van der Waals surface area contributed by atoms with Gasteiger partial charge in [-0.3, -0.25) is 4.79 Å². The van der Waals surface area contributed by atoms with E-state index in [2.05, 4.69) is 20.8 Å². The van der Waals surface area contributed by atoms with E-state index in [1.807, 2.05) is 0 Å². The third kappa shape index (κ3) is 5.05. The van der Waals surface area contributed by atoms with E-state index in [4.69, 9.17) is 0 Å². The normalized spacial score (nSPS) is 30.6. The molecule has 0 bridgehead atoms. The highest BCUT2D eigenvalue weighted by atomic mass is 32.2. The second-order valence-corrected chi connectivity index (χ2v) is 12.8. The molecule has 3 saturated carbocycles. The lowest BCUT2D eigenvalue weighted by atomic mass is 9.76. The Morgan fingerprint density at radius 1 is 0.640 bits per heavy atom. The van der Waals surface area contributed by atoms with Crippen LogP contribution in [0.4, 0.5) is 0 Å². The van der Waals surface area contributed by atoms with Crippen LogP contribution in [-0.4, -0.2) is 21.5 Å². The summed E-state index contributed by atoms with van der Waals surface area (Å²) >= 11 is 0. The van der Waals surface area contributed by atoms with E-state index in [9.17, 15) is 4.79 Å². The topological polar surface area (TPSA) is 17.1 Å². The molecule has 0 heterocycles. The number of Topliss-reactive ketones (excluding diaryl/α,β-unsaturated/α-hetero) is 1. The molecule has 0 amide bonds. The van der Waals surface area contributed by atoms with Gasteiger partial charge in [0.05, 0.1) is 0 Å². The quantitative estimate of drug-likeness (QED) is 0.524. The van der Waals surface area contributed by atoms with Crippen LogP contribution < -0.4 is 0 Å². The van der Waals surface area contributed by atoms with Gasteiger partial charge in [-0.25, -0.2) is 0 Å². The summed E-state index contributed by atoms with van der Waals surface area (Å²) in [6, 6.07) is 0. The summed E-state index contributed by atoms with van der Waals surface area (Å²) in [5.41, 5.74) is -0.147. The largest absolute Gasteiger partial charge is 0.299 e. The predicted octanol–water partition coefficient (Wildman–Crippen LogP) is 6.44. The van der Waals surface area contributed by atoms with Crippen molar-refractivity contribution < 1.29 is 4.79 Å². The summed E-state index contributed by atoms with van der Waals surface area (Å²) in [6.45, 7) is 6.32. The van der Waals surface area contributed by atoms with Crippen LogP contribution in [0.3, 0.4) is 0 Å². The van der Waals surface area contributed by atoms with Gasteiger partial charge in [-0.2, -0.15) is 0 Å². The van der Waals surface area contributed by atoms with Crippen molar-refractivity contribution in [2.75, 3.05) is 0 Å². The molecule has 0 aromatic carbocycles. The smallest absolute Gasteiger partial charge is 0.141 e. The van der Waals surface area contributed by atoms with Crippen molar-refractivity contribution in [3.8, 4) is 0 Å². The molecule has 3 fully saturated rings. The van der Waals surface area contributed by atoms with E-state index in [-0.39, 0.29) is 5.41 Å². The molecule has 0 aromatic rings. The van der Waals surface area contributed by atoms with Crippen LogP contribution in [0.1, 0.15) is 111 Å². The molecule has 3 aliphatic carbocycles. The van der Waals surface area contributed by atoms with Crippen molar-refractivity contribution in [3.63, 3.8) is 0 Å². The predicted molar refractivity (Wildman–Crippen MR) is 111 cm³/mol. The van der Waals surface area contributed by atoms with Gasteiger partial charge in [0.1, 0.15) is 21.5 Å². The first kappa shape index (κ1) is 19.8. The van der Waals surface area contributed by atoms with Crippen LogP contribution in [0, 0.1) is 11.3 Å². The van der Waals surface area contributed by atoms with Crippen LogP contribution in [-0.2, 0) is 15.7 Å². The Hall–Kier alpha value is 0.0200. The average Bonchev–Trinajstić information content (AvgIpc) is 2.63. The second kappa shape index (κ2) is 8.81. The van der Waals surface area contributed by atoms with Crippen molar-refractivity contribution >= 4 is 16.7 Å². The van der Waals surface area contributed by atoms with E-state index in [1.54, 1.807) is 0 Å². The maximum atomic E-state index is 12.7. The zero-order valence-corrected chi connectivity index (χ0v) is 17.8. The van der Waals surface area contributed by atoms with Crippen molar-refractivity contribution in [2.45, 2.75) is 126 Å². The van der Waals surface area contributed by atoms with E-state index in [0.717, 1.165) is 15.7 Å². The van der Waals surface area contributed by atoms with Gasteiger partial charge >= 0.3 is 0 Å². The fourth-order valence-electron chi connectivity index (χ4n) is 5.70. The number of hydrogen-bond acceptors (Lipinski definition) is 1. The number of hydrogen-bond donors (Lipinski definition) is 0. The van der Waals surface area contributed by atoms with Gasteiger partial charge in [0.25, 0.3) is 0 Å². The maximum absolute atomic E-state index is 12.7. The van der Waals surface area contributed by atoms with Crippen LogP contribution in [0.15, 0.2) is 0 Å². The van der Waals surface area contributed by atoms with Crippen molar-refractivity contribution in [1.29, 1.82) is 0 Å². The molecule has 0 radical (unpaired) electrons. The van der Waals surface area contributed by atoms with Crippen LogP contribution in [0.25, 0.3) is 0 Å². The Morgan fingerprint density at radius 2 is 1.04 bits per heavy atom. The van der Waals surface area contributed by atoms with Crippen LogP contribution in [0.2, 0.25) is 0 Å². The van der Waals surface area contributed by atoms with Gasteiger partial charge < -0.3 is 0 Å². The summed E-state index contributed by atoms with van der Waals surface area (Å²) in [6.07, 6.45) is 20.0. The molecular weight excluding hydrogens is 324 g/mol. The lowest BCUT2D eigenvalue weighted by molar-refractivity contribution is -0.131. The second-order valence-electron chi connectivity index (χ2n) is 10.0. The number of carbonyl (C=O) groups is 1. The fourth-order valence-corrected chi connectivity index (χ4v) is 9.91. The lowest BCUT2D eigenvalue weighted by Crippen LogP contribution is -2.45. The van der Waals surface area contributed by atoms with E-state index >= 15 is 0 Å². The molecule has 0 saturated heterocycles. The molecule has 3 rings (SSSR count). The minimum Gasteiger partial charge on any atom is -0.299 e. The van der Waals surface area contributed by atoms with E-state index < -0.39 is 0 Å². The molecule has 0 spiro atoms. The highest BCUT2D eigenvalue weighted by Gasteiger charge is 2.47. The minimum atomic E-state index is -0.147. The van der Waals surface area contributed by atoms with Crippen molar-refractivity contribution in [1.82, 2.24) is 0 Å². The van der Waals surface area contributed by atoms with Crippen LogP contribution in [0.5, 0.6) is 0 Å². The van der Waals surface area contributed by atoms with Gasteiger partial charge in [-0.15, -0.1) is 0 Å². The Kier molecular flexibility index (Phi) is 6.96. The fraction of sp³-hybridized carbons (Fsp3) is 0.957. The SMILES string of the molecule is CC(C)(C)C(=O)C1CCC([S+](C2CCCCC2)C2CCCCC2)CC1. The molecular formula is C23H41OS+. The zero-order chi connectivity index (χ0) is 17.9. The molecule has 3 aliphatic rings. The van der Waals surface area contributed by atoms with Crippen molar-refractivity contribution in [2.24, 2.45) is 11.3 Å². The molecule has 2 heteroatoms. The molecule has 144 valence electrons. The molecule has 25 heavy (non-hydrogen) atoms. The zero-order valence-electron chi connectivity index (χ0n) is 17.0. The summed E-state index contributed by atoms with van der Waals surface area (Å²) in [5, 5.41) is 3.03. The number of carbonyl (C=O) groups excluding carboxylic acids is 1. The maximum Gasteiger partial charge on any atom is 0.141 e. The first-order valence-corrected chi connectivity index (χ1v) is 12.6. The molecule has 1 nitrogen and oxygen atoms in total. The number of rotatable bonds is 4. The highest BCUT2D eigenvalue weighted by Crippen LogP contribution is 2.42. The van der Waals surface area contributed by atoms with Gasteiger partial charge in [0, 0.05) is 11.3 Å². The van der Waals surface area contributed by atoms with E-state index in [0.29, 0.717) is 22.6 Å². The standard InChI is InChI=1S/C23H41OS/c1-23(2,3)22(24)18-14-16-21(17-15-18)25(19-10-6-4-7-11-19)20-12-8-5-9-13-20/h18-21H,4-17H2,1-3H3/q+1. The molecule has 0 aromatic heterocycles. The Labute approximate surface area is 159 Å². The monoisotopic (exact) mass is 365 g/mol. The molecule has 0 unspecified atom stereocenters. The summed E-state index contributed by atoms with van der Waals surface area (Å²) in [4.78, 5) is 12.7. The molecule has 0 atom stereocenters. The van der Waals surface area contributed by atoms with Gasteiger partial charge in [0.15, 0.2) is 0 Å². The Bertz CT molecular complexity index is 400. The lowest BCUT2D eigenvalue weighted by Gasteiger charge is -2.38. The van der Waals surface area contributed by atoms with Gasteiger partial charge in [-0.05, 0) is 87.9 Å². The third-order valence-electron chi connectivity index (χ3n) is 7.04. The molecule has 0 aliphatic heterocycles. The van der Waals surface area contributed by atoms with Gasteiger partial charge in [-0.1, -0.05) is 33.6 Å². The summed E-state index contributed by atoms with van der Waals surface area (Å²) in [7, 11) is 0.656. The average molecular weight is 366 g/mol. The molecule has 0 N–H and O–H groups in total. The summed E-state index contributed by atoms with van der Waals surface area (Å²) in [5.74, 6) is 0.889. The highest BCUT2D eigenvalue weighted by molar-refractivity contribution is 7.98. The van der Waals surface area contributed by atoms with E-state index in [1.165, 1.54) is 89.9 Å². The van der Waals surface area contributed by atoms with Gasteiger partial charge in [0.2, 0.25) is 0 Å². The minimum absolute atomic E-state index is 0.147. The number of ketones is 1. The Balaban J connectivity index is 1.64. The van der Waals surface area contributed by atoms with Crippen molar-refractivity contribution in [3.05, 3.63) is 0 Å². The Morgan fingerprint density at radius 3 is 1.44 bits per heavy atom. The summed E-state index contributed by atoms with van der Waals surface area (Å²) < 4.78 is 0. The third-order valence-corrected chi connectivity index (χ3v) is 10.8. The first-order valence-electron chi connectivity index (χ1n) is 11.2. The van der Waals surface area contributed by atoms with Crippen LogP contribution >= 0.6 is 0 Å².